The maximum absolute atomic E-state index is 12.1. The van der Waals surface area contributed by atoms with Gasteiger partial charge in [0, 0.05) is 6.20 Å². The summed E-state index contributed by atoms with van der Waals surface area (Å²) in [6.07, 6.45) is 1.23. The van der Waals surface area contributed by atoms with Crippen LogP contribution >= 0.6 is 23.2 Å². The third-order valence-electron chi connectivity index (χ3n) is 3.30. The van der Waals surface area contributed by atoms with Gasteiger partial charge in [0.25, 0.3) is 5.91 Å². The number of halogens is 2. The third-order valence-corrected chi connectivity index (χ3v) is 3.80. The number of amides is 1. The lowest BCUT2D eigenvalue weighted by atomic mass is 10.1. The number of nitrogens with zero attached hydrogens (tertiary/aromatic N) is 1. The lowest BCUT2D eigenvalue weighted by Crippen LogP contribution is -2.30. The molecule has 1 heterocycles. The summed E-state index contributed by atoms with van der Waals surface area (Å²) in [6, 6.07) is 8.49. The summed E-state index contributed by atoms with van der Waals surface area (Å²) in [4.78, 5) is 28.1. The topological polar surface area (TPSA) is 68.3 Å². The van der Waals surface area contributed by atoms with Gasteiger partial charge in [-0.05, 0) is 37.1 Å². The van der Waals surface area contributed by atoms with Gasteiger partial charge in [0.15, 0.2) is 11.9 Å². The fraction of sp³-hybridized carbons (Fsp3) is 0.235. The van der Waals surface area contributed by atoms with Crippen LogP contribution in [-0.2, 0) is 16.0 Å². The molecule has 0 fully saturated rings. The van der Waals surface area contributed by atoms with Crippen LogP contribution in [0, 0.1) is 0 Å². The van der Waals surface area contributed by atoms with Crippen LogP contribution in [0.3, 0.4) is 0 Å². The molecule has 1 aromatic carbocycles. The first kappa shape index (κ1) is 18.2. The lowest BCUT2D eigenvalue weighted by Gasteiger charge is -2.14. The molecule has 24 heavy (non-hydrogen) atoms. The van der Waals surface area contributed by atoms with Crippen LogP contribution in [-0.4, -0.2) is 23.0 Å². The molecule has 2 rings (SSSR count). The molecule has 1 atom stereocenters. The molecule has 0 bridgehead atoms. The number of carbonyl (C=O) groups is 2. The van der Waals surface area contributed by atoms with Crippen molar-refractivity contribution >= 4 is 40.9 Å². The van der Waals surface area contributed by atoms with E-state index in [1.807, 2.05) is 19.1 Å². The molecule has 0 aliphatic rings. The SMILES string of the molecule is CCc1ccc(C(=O)O[C@H](C)C(=O)Nc2ncc(Cl)cc2Cl)cc1. The normalized spacial score (nSPS) is 11.7. The van der Waals surface area contributed by atoms with Crippen LogP contribution < -0.4 is 5.32 Å². The first-order valence-electron chi connectivity index (χ1n) is 7.32. The van der Waals surface area contributed by atoms with Gasteiger partial charge in [0.05, 0.1) is 15.6 Å². The minimum Gasteiger partial charge on any atom is -0.449 e. The van der Waals surface area contributed by atoms with Crippen LogP contribution in [0.5, 0.6) is 0 Å². The Kier molecular flexibility index (Phi) is 6.17. The van der Waals surface area contributed by atoms with E-state index in [-0.39, 0.29) is 10.8 Å². The molecule has 0 saturated carbocycles. The summed E-state index contributed by atoms with van der Waals surface area (Å²) < 4.78 is 5.16. The maximum Gasteiger partial charge on any atom is 0.338 e. The van der Waals surface area contributed by atoms with Crippen molar-refractivity contribution in [2.75, 3.05) is 5.32 Å². The Morgan fingerprint density at radius 1 is 1.25 bits per heavy atom. The average Bonchev–Trinajstić information content (AvgIpc) is 2.57. The average molecular weight is 367 g/mol. The second-order valence-electron chi connectivity index (χ2n) is 5.07. The molecule has 2 aromatic rings. The number of hydrogen-bond donors (Lipinski definition) is 1. The van der Waals surface area contributed by atoms with Crippen LogP contribution in [0.2, 0.25) is 10.0 Å². The molecule has 1 amide bonds. The number of pyridine rings is 1. The molecular weight excluding hydrogens is 351 g/mol. The van der Waals surface area contributed by atoms with Crippen molar-refractivity contribution in [2.45, 2.75) is 26.4 Å². The Morgan fingerprint density at radius 2 is 1.92 bits per heavy atom. The zero-order valence-corrected chi connectivity index (χ0v) is 14.7. The molecule has 1 aromatic heterocycles. The Balaban J connectivity index is 1.98. The number of esters is 1. The van der Waals surface area contributed by atoms with Gasteiger partial charge in [-0.3, -0.25) is 4.79 Å². The molecule has 0 aliphatic carbocycles. The fourth-order valence-electron chi connectivity index (χ4n) is 1.88. The van der Waals surface area contributed by atoms with E-state index in [9.17, 15) is 9.59 Å². The quantitative estimate of drug-likeness (QED) is 0.807. The molecule has 7 heteroatoms. The summed E-state index contributed by atoms with van der Waals surface area (Å²) in [5.74, 6) is -0.956. The summed E-state index contributed by atoms with van der Waals surface area (Å²) in [5.41, 5.74) is 1.50. The first-order chi connectivity index (χ1) is 11.4. The van der Waals surface area contributed by atoms with Crippen molar-refractivity contribution in [3.63, 3.8) is 0 Å². The van der Waals surface area contributed by atoms with E-state index in [1.165, 1.54) is 19.2 Å². The Morgan fingerprint density at radius 3 is 2.50 bits per heavy atom. The largest absolute Gasteiger partial charge is 0.449 e. The molecule has 0 spiro atoms. The molecular formula is C17H16Cl2N2O3. The first-order valence-corrected chi connectivity index (χ1v) is 8.08. The van der Waals surface area contributed by atoms with Gasteiger partial charge in [0.2, 0.25) is 0 Å². The molecule has 1 N–H and O–H groups in total. The van der Waals surface area contributed by atoms with E-state index in [2.05, 4.69) is 10.3 Å². The van der Waals surface area contributed by atoms with E-state index >= 15 is 0 Å². The van der Waals surface area contributed by atoms with Crippen LogP contribution in [0.1, 0.15) is 29.8 Å². The minimum atomic E-state index is -1.00. The van der Waals surface area contributed by atoms with Gasteiger partial charge in [0.1, 0.15) is 0 Å². The molecule has 0 unspecified atom stereocenters. The number of aryl methyl sites for hydroxylation is 1. The summed E-state index contributed by atoms with van der Waals surface area (Å²) >= 11 is 11.7. The second kappa shape index (κ2) is 8.13. The van der Waals surface area contributed by atoms with Crippen molar-refractivity contribution in [2.24, 2.45) is 0 Å². The zero-order valence-electron chi connectivity index (χ0n) is 13.2. The number of hydrogen-bond acceptors (Lipinski definition) is 4. The zero-order chi connectivity index (χ0) is 17.7. The van der Waals surface area contributed by atoms with E-state index in [0.717, 1.165) is 12.0 Å². The van der Waals surface area contributed by atoms with Gasteiger partial charge in [-0.15, -0.1) is 0 Å². The highest BCUT2D eigenvalue weighted by molar-refractivity contribution is 6.36. The minimum absolute atomic E-state index is 0.154. The van der Waals surface area contributed by atoms with Crippen molar-refractivity contribution in [1.29, 1.82) is 0 Å². The molecule has 126 valence electrons. The Bertz CT molecular complexity index is 748. The summed E-state index contributed by atoms with van der Waals surface area (Å²) in [6.45, 7) is 3.49. The number of carbonyl (C=O) groups excluding carboxylic acids is 2. The van der Waals surface area contributed by atoms with Crippen molar-refractivity contribution in [3.8, 4) is 0 Å². The van der Waals surface area contributed by atoms with Crippen molar-refractivity contribution in [3.05, 3.63) is 57.7 Å². The van der Waals surface area contributed by atoms with Crippen LogP contribution in [0.25, 0.3) is 0 Å². The number of aromatic nitrogens is 1. The summed E-state index contributed by atoms with van der Waals surface area (Å²) in [7, 11) is 0. The predicted molar refractivity (Wildman–Crippen MR) is 93.6 cm³/mol. The Labute approximate surface area is 149 Å². The number of benzene rings is 1. The number of nitrogens with one attached hydrogen (secondary N) is 1. The number of anilines is 1. The monoisotopic (exact) mass is 366 g/mol. The van der Waals surface area contributed by atoms with Crippen LogP contribution in [0.4, 0.5) is 5.82 Å². The number of rotatable bonds is 5. The van der Waals surface area contributed by atoms with Gasteiger partial charge in [-0.25, -0.2) is 9.78 Å². The maximum atomic E-state index is 12.1. The summed E-state index contributed by atoms with van der Waals surface area (Å²) in [5, 5.41) is 3.05. The molecule has 5 nitrogen and oxygen atoms in total. The van der Waals surface area contributed by atoms with Gasteiger partial charge in [-0.2, -0.15) is 0 Å². The highest BCUT2D eigenvalue weighted by Crippen LogP contribution is 2.22. The van der Waals surface area contributed by atoms with Gasteiger partial charge in [-0.1, -0.05) is 42.3 Å². The van der Waals surface area contributed by atoms with E-state index < -0.39 is 18.0 Å². The van der Waals surface area contributed by atoms with Gasteiger partial charge < -0.3 is 10.1 Å². The highest BCUT2D eigenvalue weighted by atomic mass is 35.5. The number of ether oxygens (including phenoxy) is 1. The van der Waals surface area contributed by atoms with Gasteiger partial charge >= 0.3 is 5.97 Å². The smallest absolute Gasteiger partial charge is 0.338 e. The predicted octanol–water partition coefficient (Wildman–Crippen LogP) is 4.13. The van der Waals surface area contributed by atoms with E-state index in [4.69, 9.17) is 27.9 Å². The molecule has 0 radical (unpaired) electrons. The van der Waals surface area contributed by atoms with Crippen molar-refractivity contribution in [1.82, 2.24) is 4.98 Å². The Hall–Kier alpha value is -2.11. The lowest BCUT2D eigenvalue weighted by molar-refractivity contribution is -0.123. The van der Waals surface area contributed by atoms with Crippen LogP contribution in [0.15, 0.2) is 36.5 Å². The second-order valence-corrected chi connectivity index (χ2v) is 5.91. The van der Waals surface area contributed by atoms with E-state index in [1.54, 1.807) is 12.1 Å². The molecule has 0 aliphatic heterocycles. The van der Waals surface area contributed by atoms with Crippen molar-refractivity contribution < 1.29 is 14.3 Å². The molecule has 0 saturated heterocycles. The van der Waals surface area contributed by atoms with E-state index in [0.29, 0.717) is 10.6 Å². The standard InChI is InChI=1S/C17H16Cl2N2O3/c1-3-11-4-6-12(7-5-11)17(23)24-10(2)16(22)21-15-14(19)8-13(18)9-20-15/h4-10H,3H2,1-2H3,(H,20,21,22)/t10-/m1/s1. The third kappa shape index (κ3) is 4.69. The highest BCUT2D eigenvalue weighted by Gasteiger charge is 2.20. The fourth-order valence-corrected chi connectivity index (χ4v) is 2.31.